The summed E-state index contributed by atoms with van der Waals surface area (Å²) < 4.78 is 0. The number of nitrogens with one attached hydrogen (secondary N) is 1. The standard InChI is InChI=1S/C10H13ClN4O.H2O/c11-7-5-8(14-9(12)13-7)15-10(6-16)3-1-2-4-10;/h1,3,5,16H,2,4,6H2,(H3,12,13,14,15);1H2/t10-;/m1./s1. The molecule has 94 valence electrons. The molecular formula is C10H15ClN4O2. The Hall–Kier alpha value is -1.37. The number of rotatable bonds is 3. The Morgan fingerprint density at radius 3 is 2.82 bits per heavy atom. The lowest BCUT2D eigenvalue weighted by molar-refractivity contribution is 0.238. The van der Waals surface area contributed by atoms with Gasteiger partial charge in [0, 0.05) is 6.07 Å². The van der Waals surface area contributed by atoms with E-state index in [1.165, 1.54) is 0 Å². The number of hydrogen-bond acceptors (Lipinski definition) is 5. The third-order valence-electron chi connectivity index (χ3n) is 2.57. The summed E-state index contributed by atoms with van der Waals surface area (Å²) in [6.45, 7) is 0.00499. The summed E-state index contributed by atoms with van der Waals surface area (Å²) in [4.78, 5) is 7.79. The van der Waals surface area contributed by atoms with Crippen LogP contribution in [-0.4, -0.2) is 32.7 Å². The molecule has 1 aliphatic rings. The van der Waals surface area contributed by atoms with Gasteiger partial charge in [0.2, 0.25) is 5.95 Å². The van der Waals surface area contributed by atoms with Crippen molar-refractivity contribution in [2.75, 3.05) is 17.7 Å². The first-order chi connectivity index (χ1) is 7.63. The molecule has 0 bridgehead atoms. The van der Waals surface area contributed by atoms with E-state index in [1.807, 2.05) is 12.2 Å². The third kappa shape index (κ3) is 3.06. The molecule has 2 rings (SSSR count). The highest BCUT2D eigenvalue weighted by Crippen LogP contribution is 2.27. The van der Waals surface area contributed by atoms with E-state index in [4.69, 9.17) is 17.3 Å². The molecule has 1 aliphatic carbocycles. The fraction of sp³-hybridized carbons (Fsp3) is 0.400. The maximum Gasteiger partial charge on any atom is 0.223 e. The Labute approximate surface area is 104 Å². The molecule has 1 heterocycles. The molecular weight excluding hydrogens is 244 g/mol. The summed E-state index contributed by atoms with van der Waals surface area (Å²) in [7, 11) is 0. The van der Waals surface area contributed by atoms with Gasteiger partial charge >= 0.3 is 0 Å². The zero-order valence-corrected chi connectivity index (χ0v) is 9.91. The number of nitrogen functional groups attached to an aromatic ring is 1. The second-order valence-corrected chi connectivity index (χ2v) is 4.20. The van der Waals surface area contributed by atoms with Crippen molar-refractivity contribution in [2.45, 2.75) is 18.4 Å². The molecule has 0 aliphatic heterocycles. The SMILES string of the molecule is Nc1nc(Cl)cc(N[C@]2(CO)C=CCC2)n1.O. The van der Waals surface area contributed by atoms with Gasteiger partial charge in [0.15, 0.2) is 0 Å². The molecule has 1 atom stereocenters. The van der Waals surface area contributed by atoms with E-state index in [0.717, 1.165) is 12.8 Å². The van der Waals surface area contributed by atoms with Gasteiger partial charge in [0.25, 0.3) is 0 Å². The van der Waals surface area contributed by atoms with E-state index in [-0.39, 0.29) is 23.2 Å². The van der Waals surface area contributed by atoms with Gasteiger partial charge in [0.05, 0.1) is 12.1 Å². The molecule has 6 nitrogen and oxygen atoms in total. The van der Waals surface area contributed by atoms with Crippen molar-refractivity contribution in [3.05, 3.63) is 23.4 Å². The van der Waals surface area contributed by atoms with Gasteiger partial charge in [-0.05, 0) is 12.8 Å². The van der Waals surface area contributed by atoms with Crippen LogP contribution in [0.5, 0.6) is 0 Å². The summed E-state index contributed by atoms with van der Waals surface area (Å²) in [6.07, 6.45) is 5.72. The van der Waals surface area contributed by atoms with E-state index < -0.39 is 5.54 Å². The Morgan fingerprint density at radius 1 is 1.53 bits per heavy atom. The number of nitrogens with two attached hydrogens (primary N) is 1. The predicted molar refractivity (Wildman–Crippen MR) is 66.9 cm³/mol. The molecule has 0 saturated heterocycles. The number of halogens is 1. The highest BCUT2D eigenvalue weighted by atomic mass is 35.5. The first-order valence-corrected chi connectivity index (χ1v) is 5.38. The highest BCUT2D eigenvalue weighted by molar-refractivity contribution is 6.29. The number of aromatic nitrogens is 2. The van der Waals surface area contributed by atoms with Crippen LogP contribution in [0.3, 0.4) is 0 Å². The molecule has 0 spiro atoms. The molecule has 1 aromatic heterocycles. The van der Waals surface area contributed by atoms with Crippen LogP contribution in [0.2, 0.25) is 5.15 Å². The summed E-state index contributed by atoms with van der Waals surface area (Å²) >= 11 is 5.77. The van der Waals surface area contributed by atoms with E-state index in [1.54, 1.807) is 6.07 Å². The summed E-state index contributed by atoms with van der Waals surface area (Å²) in [5.74, 6) is 0.642. The smallest absolute Gasteiger partial charge is 0.223 e. The number of aliphatic hydroxyl groups is 1. The van der Waals surface area contributed by atoms with Crippen molar-refractivity contribution in [3.8, 4) is 0 Å². The van der Waals surface area contributed by atoms with Crippen molar-refractivity contribution in [3.63, 3.8) is 0 Å². The molecule has 0 radical (unpaired) electrons. The van der Waals surface area contributed by atoms with Gasteiger partial charge in [-0.1, -0.05) is 23.8 Å². The topological polar surface area (TPSA) is 116 Å². The minimum absolute atomic E-state index is 0. The van der Waals surface area contributed by atoms with Crippen LogP contribution < -0.4 is 11.1 Å². The first kappa shape index (κ1) is 13.7. The van der Waals surface area contributed by atoms with Crippen LogP contribution >= 0.6 is 11.6 Å². The third-order valence-corrected chi connectivity index (χ3v) is 2.76. The Kier molecular flexibility index (Phi) is 4.28. The number of nitrogens with zero attached hydrogens (tertiary/aromatic N) is 2. The molecule has 0 amide bonds. The normalized spacial score (nSPS) is 22.2. The molecule has 7 heteroatoms. The van der Waals surface area contributed by atoms with Crippen LogP contribution in [-0.2, 0) is 0 Å². The van der Waals surface area contributed by atoms with Crippen LogP contribution in [0.1, 0.15) is 12.8 Å². The Balaban J connectivity index is 0.00000144. The summed E-state index contributed by atoms with van der Waals surface area (Å²) in [6, 6.07) is 1.58. The molecule has 17 heavy (non-hydrogen) atoms. The molecule has 6 N–H and O–H groups in total. The minimum Gasteiger partial charge on any atom is -0.412 e. The zero-order chi connectivity index (χ0) is 11.6. The zero-order valence-electron chi connectivity index (χ0n) is 9.15. The van der Waals surface area contributed by atoms with Crippen molar-refractivity contribution in [2.24, 2.45) is 0 Å². The van der Waals surface area contributed by atoms with E-state index in [9.17, 15) is 5.11 Å². The van der Waals surface area contributed by atoms with Crippen LogP contribution in [0.15, 0.2) is 18.2 Å². The number of anilines is 2. The second-order valence-electron chi connectivity index (χ2n) is 3.81. The van der Waals surface area contributed by atoms with Crippen LogP contribution in [0.4, 0.5) is 11.8 Å². The Morgan fingerprint density at radius 2 is 2.29 bits per heavy atom. The van der Waals surface area contributed by atoms with Crippen LogP contribution in [0, 0.1) is 0 Å². The van der Waals surface area contributed by atoms with Gasteiger partial charge in [-0.2, -0.15) is 4.98 Å². The summed E-state index contributed by atoms with van der Waals surface area (Å²) in [5, 5.41) is 12.8. The number of hydrogen-bond donors (Lipinski definition) is 3. The quantitative estimate of drug-likeness (QED) is 0.535. The second kappa shape index (κ2) is 5.31. The fourth-order valence-electron chi connectivity index (χ4n) is 1.76. The van der Waals surface area contributed by atoms with E-state index in [0.29, 0.717) is 5.82 Å². The van der Waals surface area contributed by atoms with E-state index in [2.05, 4.69) is 15.3 Å². The molecule has 1 aromatic rings. The lowest BCUT2D eigenvalue weighted by atomic mass is 10.0. The minimum atomic E-state index is -0.454. The largest absolute Gasteiger partial charge is 0.412 e. The van der Waals surface area contributed by atoms with Crippen molar-refractivity contribution in [1.82, 2.24) is 9.97 Å². The average molecular weight is 259 g/mol. The Bertz CT molecular complexity index is 407. The van der Waals surface area contributed by atoms with Crippen LogP contribution in [0.25, 0.3) is 0 Å². The molecule has 0 saturated carbocycles. The average Bonchev–Trinajstić information content (AvgIpc) is 2.65. The van der Waals surface area contributed by atoms with E-state index >= 15 is 0 Å². The predicted octanol–water partition coefficient (Wildman–Crippen LogP) is 0.380. The maximum atomic E-state index is 9.40. The van der Waals surface area contributed by atoms with Crippen molar-refractivity contribution < 1.29 is 10.6 Å². The van der Waals surface area contributed by atoms with Crippen molar-refractivity contribution >= 4 is 23.4 Å². The lowest BCUT2D eigenvalue weighted by Gasteiger charge is -2.27. The lowest BCUT2D eigenvalue weighted by Crippen LogP contribution is -2.38. The molecule has 0 unspecified atom stereocenters. The van der Waals surface area contributed by atoms with Gasteiger partial charge in [-0.25, -0.2) is 4.98 Å². The van der Waals surface area contributed by atoms with Gasteiger partial charge in [-0.15, -0.1) is 0 Å². The van der Waals surface area contributed by atoms with Gasteiger partial charge in [0.1, 0.15) is 11.0 Å². The molecule has 0 fully saturated rings. The number of allylic oxidation sites excluding steroid dienone is 1. The maximum absolute atomic E-state index is 9.40. The molecule has 0 aromatic carbocycles. The van der Waals surface area contributed by atoms with Gasteiger partial charge in [-0.3, -0.25) is 0 Å². The van der Waals surface area contributed by atoms with Gasteiger partial charge < -0.3 is 21.6 Å². The van der Waals surface area contributed by atoms with Crippen molar-refractivity contribution in [1.29, 1.82) is 0 Å². The monoisotopic (exact) mass is 258 g/mol. The first-order valence-electron chi connectivity index (χ1n) is 5.00. The fourth-order valence-corrected chi connectivity index (χ4v) is 1.95. The highest BCUT2D eigenvalue weighted by Gasteiger charge is 2.29. The summed E-state index contributed by atoms with van der Waals surface area (Å²) in [5.41, 5.74) is 5.04. The number of aliphatic hydroxyl groups excluding tert-OH is 1.